The van der Waals surface area contributed by atoms with Crippen molar-refractivity contribution in [1.82, 2.24) is 9.97 Å². The van der Waals surface area contributed by atoms with Crippen LogP contribution in [0.4, 0.5) is 13.2 Å². The number of rotatable bonds is 4. The number of benzene rings is 1. The van der Waals surface area contributed by atoms with Gasteiger partial charge in [-0.15, -0.1) is 11.6 Å². The molecule has 2 aromatic rings. The monoisotopic (exact) mass is 332 g/mol. The molecular weight excluding hydrogens is 321 g/mol. The SMILES string of the molecule is FC(F)(F)c1cccc(Cc2cc(C(Cl)CS)ncn2)c1. The van der Waals surface area contributed by atoms with Crippen molar-refractivity contribution in [2.75, 3.05) is 5.75 Å². The van der Waals surface area contributed by atoms with Gasteiger partial charge in [0.1, 0.15) is 6.33 Å². The number of alkyl halides is 4. The molecule has 112 valence electrons. The summed E-state index contributed by atoms with van der Waals surface area (Å²) in [5, 5.41) is -0.350. The van der Waals surface area contributed by atoms with Crippen LogP contribution in [-0.4, -0.2) is 15.7 Å². The van der Waals surface area contributed by atoms with Crippen LogP contribution >= 0.6 is 24.2 Å². The van der Waals surface area contributed by atoms with Crippen molar-refractivity contribution in [3.63, 3.8) is 0 Å². The minimum absolute atomic E-state index is 0.287. The molecule has 2 rings (SSSR count). The van der Waals surface area contributed by atoms with E-state index < -0.39 is 11.7 Å². The lowest BCUT2D eigenvalue weighted by Crippen LogP contribution is -2.06. The molecule has 1 aromatic carbocycles. The van der Waals surface area contributed by atoms with E-state index in [4.69, 9.17) is 11.6 Å². The zero-order valence-electron chi connectivity index (χ0n) is 10.8. The van der Waals surface area contributed by atoms with Crippen molar-refractivity contribution in [1.29, 1.82) is 0 Å². The third kappa shape index (κ3) is 4.35. The minimum Gasteiger partial charge on any atom is -0.241 e. The fraction of sp³-hybridized carbons (Fsp3) is 0.286. The van der Waals surface area contributed by atoms with Crippen molar-refractivity contribution >= 4 is 24.2 Å². The Balaban J connectivity index is 2.22. The first-order valence-electron chi connectivity index (χ1n) is 6.12. The van der Waals surface area contributed by atoms with Crippen LogP contribution in [0.3, 0.4) is 0 Å². The van der Waals surface area contributed by atoms with Gasteiger partial charge in [0.25, 0.3) is 0 Å². The lowest BCUT2D eigenvalue weighted by molar-refractivity contribution is -0.137. The quantitative estimate of drug-likeness (QED) is 0.667. The van der Waals surface area contributed by atoms with Gasteiger partial charge in [0, 0.05) is 17.9 Å². The molecule has 0 saturated heterocycles. The Morgan fingerprint density at radius 1 is 1.19 bits per heavy atom. The Morgan fingerprint density at radius 2 is 1.95 bits per heavy atom. The van der Waals surface area contributed by atoms with E-state index in [0.29, 0.717) is 22.7 Å². The maximum Gasteiger partial charge on any atom is 0.416 e. The zero-order chi connectivity index (χ0) is 15.5. The average molecular weight is 333 g/mol. The number of hydrogen-bond donors (Lipinski definition) is 1. The highest BCUT2D eigenvalue weighted by Crippen LogP contribution is 2.30. The molecule has 0 N–H and O–H groups in total. The van der Waals surface area contributed by atoms with Crippen LogP contribution in [0.15, 0.2) is 36.7 Å². The summed E-state index contributed by atoms with van der Waals surface area (Å²) in [5.41, 5.74) is 1.10. The van der Waals surface area contributed by atoms with E-state index in [1.807, 2.05) is 0 Å². The van der Waals surface area contributed by atoms with E-state index >= 15 is 0 Å². The summed E-state index contributed by atoms with van der Waals surface area (Å²) in [6.45, 7) is 0. The van der Waals surface area contributed by atoms with Gasteiger partial charge in [0.05, 0.1) is 16.6 Å². The van der Waals surface area contributed by atoms with Crippen LogP contribution in [0, 0.1) is 0 Å². The summed E-state index contributed by atoms with van der Waals surface area (Å²) in [5.74, 6) is 0.418. The Morgan fingerprint density at radius 3 is 2.62 bits per heavy atom. The van der Waals surface area contributed by atoms with Gasteiger partial charge >= 0.3 is 6.18 Å². The first kappa shape index (κ1) is 16.1. The first-order chi connectivity index (χ1) is 9.90. The maximum atomic E-state index is 12.7. The summed E-state index contributed by atoms with van der Waals surface area (Å²) in [6, 6.07) is 6.88. The molecule has 0 bridgehead atoms. The molecule has 7 heteroatoms. The molecule has 0 fully saturated rings. The largest absolute Gasteiger partial charge is 0.416 e. The molecule has 2 nitrogen and oxygen atoms in total. The van der Waals surface area contributed by atoms with Crippen molar-refractivity contribution in [2.45, 2.75) is 18.0 Å². The lowest BCUT2D eigenvalue weighted by Gasteiger charge is -2.10. The number of halogens is 4. The highest BCUT2D eigenvalue weighted by molar-refractivity contribution is 7.80. The molecule has 0 aliphatic heterocycles. The fourth-order valence-electron chi connectivity index (χ4n) is 1.84. The summed E-state index contributed by atoms with van der Waals surface area (Å²) in [6.07, 6.45) is -2.70. The normalized spacial score (nSPS) is 13.2. The molecule has 0 aliphatic rings. The van der Waals surface area contributed by atoms with Gasteiger partial charge in [-0.25, -0.2) is 9.97 Å². The second kappa shape index (κ2) is 6.66. The Hall–Kier alpha value is -1.27. The molecule has 21 heavy (non-hydrogen) atoms. The molecule has 1 heterocycles. The van der Waals surface area contributed by atoms with E-state index in [0.717, 1.165) is 12.1 Å². The van der Waals surface area contributed by atoms with Crippen molar-refractivity contribution < 1.29 is 13.2 Å². The van der Waals surface area contributed by atoms with E-state index in [1.54, 1.807) is 12.1 Å². The molecule has 1 aromatic heterocycles. The molecular formula is C14H12ClF3N2S. The van der Waals surface area contributed by atoms with Crippen LogP contribution in [0.2, 0.25) is 0 Å². The standard InChI is InChI=1S/C14H12ClF3N2S/c15-12(7-21)13-6-11(19-8-20-13)5-9-2-1-3-10(4-9)14(16,17)18/h1-4,6,8,12,21H,5,7H2. The topological polar surface area (TPSA) is 25.8 Å². The summed E-state index contributed by atoms with van der Waals surface area (Å²) >= 11 is 10.1. The second-order valence-corrected chi connectivity index (χ2v) is 5.35. The van der Waals surface area contributed by atoms with Gasteiger partial charge in [-0.05, 0) is 17.7 Å². The van der Waals surface area contributed by atoms with Gasteiger partial charge < -0.3 is 0 Å². The average Bonchev–Trinajstić information content (AvgIpc) is 2.46. The van der Waals surface area contributed by atoms with Gasteiger partial charge in [0.2, 0.25) is 0 Å². The van der Waals surface area contributed by atoms with E-state index in [2.05, 4.69) is 22.6 Å². The van der Waals surface area contributed by atoms with E-state index in [1.165, 1.54) is 12.4 Å². The Kier molecular flexibility index (Phi) is 5.11. The van der Waals surface area contributed by atoms with Gasteiger partial charge in [-0.2, -0.15) is 25.8 Å². The molecule has 0 amide bonds. The maximum absolute atomic E-state index is 12.7. The van der Waals surface area contributed by atoms with Crippen LogP contribution < -0.4 is 0 Å². The summed E-state index contributed by atoms with van der Waals surface area (Å²) < 4.78 is 38.0. The third-order valence-corrected chi connectivity index (χ3v) is 3.82. The third-order valence-electron chi connectivity index (χ3n) is 2.87. The lowest BCUT2D eigenvalue weighted by atomic mass is 10.1. The zero-order valence-corrected chi connectivity index (χ0v) is 12.5. The Bertz CT molecular complexity index is 619. The molecule has 1 atom stereocenters. The smallest absolute Gasteiger partial charge is 0.241 e. The second-order valence-electron chi connectivity index (χ2n) is 4.46. The molecule has 1 unspecified atom stereocenters. The van der Waals surface area contributed by atoms with Crippen LogP contribution in [-0.2, 0) is 12.6 Å². The first-order valence-corrected chi connectivity index (χ1v) is 7.19. The Labute approximate surface area is 130 Å². The van der Waals surface area contributed by atoms with E-state index in [9.17, 15) is 13.2 Å². The van der Waals surface area contributed by atoms with Gasteiger partial charge in [-0.3, -0.25) is 0 Å². The highest BCUT2D eigenvalue weighted by Gasteiger charge is 2.30. The highest BCUT2D eigenvalue weighted by atomic mass is 35.5. The van der Waals surface area contributed by atoms with Gasteiger partial charge in [0.15, 0.2) is 0 Å². The number of hydrogen-bond acceptors (Lipinski definition) is 3. The molecule has 0 spiro atoms. The molecule has 0 aliphatic carbocycles. The van der Waals surface area contributed by atoms with Gasteiger partial charge in [-0.1, -0.05) is 18.2 Å². The van der Waals surface area contributed by atoms with E-state index in [-0.39, 0.29) is 11.8 Å². The number of nitrogens with zero attached hydrogens (tertiary/aromatic N) is 2. The predicted molar refractivity (Wildman–Crippen MR) is 78.7 cm³/mol. The summed E-state index contributed by atoms with van der Waals surface area (Å²) in [7, 11) is 0. The molecule has 0 saturated carbocycles. The fourth-order valence-corrected chi connectivity index (χ4v) is 2.15. The molecule has 0 radical (unpaired) electrons. The number of aromatic nitrogens is 2. The summed E-state index contributed by atoms with van der Waals surface area (Å²) in [4.78, 5) is 8.10. The van der Waals surface area contributed by atoms with Crippen molar-refractivity contribution in [3.8, 4) is 0 Å². The minimum atomic E-state index is -4.35. The number of thiol groups is 1. The predicted octanol–water partition coefficient (Wildman–Crippen LogP) is 4.30. The van der Waals surface area contributed by atoms with Crippen molar-refractivity contribution in [2.24, 2.45) is 0 Å². The van der Waals surface area contributed by atoms with Crippen LogP contribution in [0.25, 0.3) is 0 Å². The van der Waals surface area contributed by atoms with Crippen molar-refractivity contribution in [3.05, 3.63) is 59.2 Å². The van der Waals surface area contributed by atoms with Crippen LogP contribution in [0.1, 0.15) is 27.9 Å². The van der Waals surface area contributed by atoms with Crippen LogP contribution in [0.5, 0.6) is 0 Å².